The zero-order valence-electron chi connectivity index (χ0n) is 13.5. The maximum atomic E-state index is 13.4. The highest BCUT2D eigenvalue weighted by Crippen LogP contribution is 2.27. The van der Waals surface area contributed by atoms with Gasteiger partial charge in [0.1, 0.15) is 5.82 Å². The minimum Gasteiger partial charge on any atom is -0.381 e. The number of hydrogen-bond donors (Lipinski definition) is 0. The molecule has 1 fully saturated rings. The van der Waals surface area contributed by atoms with Crippen molar-refractivity contribution in [2.24, 2.45) is 0 Å². The first-order valence-electron chi connectivity index (χ1n) is 8.05. The second-order valence-electron chi connectivity index (χ2n) is 5.86. The second-order valence-corrected chi connectivity index (χ2v) is 9.19. The third-order valence-corrected chi connectivity index (χ3v) is 7.43. The highest BCUT2D eigenvalue weighted by molar-refractivity contribution is 7.89. The van der Waals surface area contributed by atoms with Crippen molar-refractivity contribution in [3.8, 4) is 0 Å². The summed E-state index contributed by atoms with van der Waals surface area (Å²) in [6.07, 6.45) is 1.94. The summed E-state index contributed by atoms with van der Waals surface area (Å²) in [5.74, 6) is -0.628. The first kappa shape index (κ1) is 18.8. The molecule has 0 radical (unpaired) electrons. The molecule has 1 aliphatic rings. The molecule has 0 saturated carbocycles. The van der Waals surface area contributed by atoms with Gasteiger partial charge in [-0.3, -0.25) is 0 Å². The molecule has 0 amide bonds. The smallest absolute Gasteiger partial charge is 0.243 e. The predicted molar refractivity (Wildman–Crippen MR) is 97.2 cm³/mol. The van der Waals surface area contributed by atoms with Crippen LogP contribution in [-0.4, -0.2) is 38.5 Å². The van der Waals surface area contributed by atoms with Gasteiger partial charge in [-0.15, -0.1) is 11.3 Å². The molecule has 8 heteroatoms. The molecule has 4 nitrogen and oxygen atoms in total. The summed E-state index contributed by atoms with van der Waals surface area (Å²) in [6.45, 7) is 1.46. The lowest BCUT2D eigenvalue weighted by molar-refractivity contribution is 0.0587. The highest BCUT2D eigenvalue weighted by Gasteiger charge is 2.32. The minimum atomic E-state index is -3.76. The Balaban J connectivity index is 1.88. The van der Waals surface area contributed by atoms with Gasteiger partial charge in [-0.05, 0) is 48.9 Å². The summed E-state index contributed by atoms with van der Waals surface area (Å²) in [5, 5.41) is 1.79. The number of sulfonamides is 1. The van der Waals surface area contributed by atoms with Gasteiger partial charge in [-0.2, -0.15) is 4.31 Å². The molecule has 1 aromatic carbocycles. The monoisotopic (exact) mass is 403 g/mol. The fraction of sp³-hybridized carbons (Fsp3) is 0.412. The van der Waals surface area contributed by atoms with E-state index in [4.69, 9.17) is 16.3 Å². The molecule has 2 heterocycles. The van der Waals surface area contributed by atoms with Crippen LogP contribution in [0.4, 0.5) is 4.39 Å². The fourth-order valence-corrected chi connectivity index (χ4v) is 5.58. The number of nitrogens with zero attached hydrogens (tertiary/aromatic N) is 1. The van der Waals surface area contributed by atoms with Crippen molar-refractivity contribution in [3.05, 3.63) is 51.4 Å². The molecule has 0 spiro atoms. The van der Waals surface area contributed by atoms with E-state index in [-0.39, 0.29) is 16.0 Å². The number of halogens is 2. The molecular formula is C17H19ClFNO3S2. The minimum absolute atomic E-state index is 0.0246. The Morgan fingerprint density at radius 1 is 1.28 bits per heavy atom. The van der Waals surface area contributed by atoms with Crippen LogP contribution >= 0.6 is 22.9 Å². The lowest BCUT2D eigenvalue weighted by Crippen LogP contribution is -2.44. The van der Waals surface area contributed by atoms with Gasteiger partial charge in [-0.1, -0.05) is 17.7 Å². The predicted octanol–water partition coefficient (Wildman–Crippen LogP) is 3.95. The standard InChI is InChI=1S/C17H19ClFNO3S2/c18-16-12-15(3-4-17(16)19)25(21,22)20(13-6-9-23-10-7-13)8-5-14-2-1-11-24-14/h1-4,11-13H,5-10H2. The Bertz CT molecular complexity index is 805. The average molecular weight is 404 g/mol. The Morgan fingerprint density at radius 2 is 2.04 bits per heavy atom. The van der Waals surface area contributed by atoms with E-state index < -0.39 is 15.8 Å². The summed E-state index contributed by atoms with van der Waals surface area (Å²) >= 11 is 7.40. The van der Waals surface area contributed by atoms with Crippen molar-refractivity contribution in [2.45, 2.75) is 30.2 Å². The molecule has 3 rings (SSSR count). The van der Waals surface area contributed by atoms with Crippen molar-refractivity contribution in [1.29, 1.82) is 0 Å². The van der Waals surface area contributed by atoms with Crippen molar-refractivity contribution in [3.63, 3.8) is 0 Å². The van der Waals surface area contributed by atoms with Gasteiger partial charge >= 0.3 is 0 Å². The van der Waals surface area contributed by atoms with Crippen LogP contribution in [0.15, 0.2) is 40.6 Å². The quantitative estimate of drug-likeness (QED) is 0.733. The molecular weight excluding hydrogens is 385 g/mol. The lowest BCUT2D eigenvalue weighted by atomic mass is 10.1. The van der Waals surface area contributed by atoms with Crippen molar-refractivity contribution >= 4 is 33.0 Å². The summed E-state index contributed by atoms with van der Waals surface area (Å²) in [5.41, 5.74) is 0. The Morgan fingerprint density at radius 3 is 2.68 bits per heavy atom. The van der Waals surface area contributed by atoms with Crippen LogP contribution < -0.4 is 0 Å². The molecule has 25 heavy (non-hydrogen) atoms. The topological polar surface area (TPSA) is 46.6 Å². The average Bonchev–Trinajstić information content (AvgIpc) is 3.11. The van der Waals surface area contributed by atoms with E-state index in [0.29, 0.717) is 39.0 Å². The molecule has 0 bridgehead atoms. The van der Waals surface area contributed by atoms with Crippen LogP contribution in [0.2, 0.25) is 5.02 Å². The molecule has 1 aliphatic heterocycles. The molecule has 136 valence electrons. The molecule has 2 aromatic rings. The van der Waals surface area contributed by atoms with E-state index >= 15 is 0 Å². The number of rotatable bonds is 6. The molecule has 0 N–H and O–H groups in total. The zero-order valence-corrected chi connectivity index (χ0v) is 15.9. The summed E-state index contributed by atoms with van der Waals surface area (Å²) in [6, 6.07) is 7.37. The first-order valence-corrected chi connectivity index (χ1v) is 10.8. The SMILES string of the molecule is O=S(=O)(c1ccc(F)c(Cl)c1)N(CCc1cccs1)C1CCOCC1. The van der Waals surface area contributed by atoms with E-state index in [1.807, 2.05) is 17.5 Å². The summed E-state index contributed by atoms with van der Waals surface area (Å²) in [4.78, 5) is 1.15. The lowest BCUT2D eigenvalue weighted by Gasteiger charge is -2.33. The Labute approximate surface area is 156 Å². The van der Waals surface area contributed by atoms with Gasteiger partial charge in [0.25, 0.3) is 0 Å². The highest BCUT2D eigenvalue weighted by atomic mass is 35.5. The first-order chi connectivity index (χ1) is 12.0. The maximum absolute atomic E-state index is 13.4. The van der Waals surface area contributed by atoms with Gasteiger partial charge in [0.15, 0.2) is 0 Å². The Hall–Kier alpha value is -0.990. The Kier molecular flexibility index (Phi) is 6.12. The van der Waals surface area contributed by atoms with Crippen molar-refractivity contribution in [2.75, 3.05) is 19.8 Å². The van der Waals surface area contributed by atoms with Gasteiger partial charge in [-0.25, -0.2) is 12.8 Å². The fourth-order valence-electron chi connectivity index (χ4n) is 2.92. The van der Waals surface area contributed by atoms with Crippen molar-refractivity contribution < 1.29 is 17.5 Å². The zero-order chi connectivity index (χ0) is 17.9. The van der Waals surface area contributed by atoms with Gasteiger partial charge in [0.05, 0.1) is 9.92 Å². The third-order valence-electron chi connectivity index (χ3n) is 4.25. The van der Waals surface area contributed by atoms with Crippen LogP contribution in [0.5, 0.6) is 0 Å². The van der Waals surface area contributed by atoms with Crippen LogP contribution in [0.3, 0.4) is 0 Å². The molecule has 1 saturated heterocycles. The van der Waals surface area contributed by atoms with E-state index in [9.17, 15) is 12.8 Å². The van der Waals surface area contributed by atoms with Crippen LogP contribution in [0.25, 0.3) is 0 Å². The number of benzene rings is 1. The van der Waals surface area contributed by atoms with Crippen LogP contribution in [-0.2, 0) is 21.2 Å². The van der Waals surface area contributed by atoms with Gasteiger partial charge < -0.3 is 4.74 Å². The van der Waals surface area contributed by atoms with Gasteiger partial charge in [0.2, 0.25) is 10.0 Å². The molecule has 0 unspecified atom stereocenters. The number of ether oxygens (including phenoxy) is 1. The van der Waals surface area contributed by atoms with E-state index in [0.717, 1.165) is 10.9 Å². The maximum Gasteiger partial charge on any atom is 0.243 e. The molecule has 0 aliphatic carbocycles. The molecule has 1 aromatic heterocycles. The largest absolute Gasteiger partial charge is 0.381 e. The summed E-state index contributed by atoms with van der Waals surface area (Å²) < 4.78 is 46.6. The van der Waals surface area contributed by atoms with Crippen molar-refractivity contribution in [1.82, 2.24) is 4.31 Å². The van der Waals surface area contributed by atoms with E-state index in [2.05, 4.69) is 0 Å². The number of hydrogen-bond acceptors (Lipinski definition) is 4. The van der Waals surface area contributed by atoms with E-state index in [1.165, 1.54) is 16.4 Å². The second kappa shape index (κ2) is 8.14. The van der Waals surface area contributed by atoms with Gasteiger partial charge in [0, 0.05) is 30.7 Å². The molecule has 0 atom stereocenters. The normalized spacial score (nSPS) is 16.4. The van der Waals surface area contributed by atoms with E-state index in [1.54, 1.807) is 11.3 Å². The van der Waals surface area contributed by atoms with Crippen LogP contribution in [0.1, 0.15) is 17.7 Å². The number of thiophene rings is 1. The summed E-state index contributed by atoms with van der Waals surface area (Å²) in [7, 11) is -3.76. The van der Waals surface area contributed by atoms with Crippen LogP contribution in [0, 0.1) is 5.82 Å². The third kappa shape index (κ3) is 4.41.